The van der Waals surface area contributed by atoms with E-state index >= 15 is 0 Å². The number of aromatic nitrogens is 1. The number of likely N-dealkylation sites (tertiary alicyclic amines) is 1. The first kappa shape index (κ1) is 23.9. The lowest BCUT2D eigenvalue weighted by Gasteiger charge is -2.32. The Balaban J connectivity index is 1.22. The van der Waals surface area contributed by atoms with Gasteiger partial charge in [0.1, 0.15) is 5.82 Å². The van der Waals surface area contributed by atoms with Crippen LogP contribution in [-0.2, 0) is 6.54 Å². The number of rotatable bonds is 6. The highest BCUT2D eigenvalue weighted by atomic mass is 35.5. The van der Waals surface area contributed by atoms with Crippen molar-refractivity contribution in [3.05, 3.63) is 70.3 Å². The van der Waals surface area contributed by atoms with Gasteiger partial charge in [-0.2, -0.15) is 0 Å². The molecule has 2 saturated heterocycles. The van der Waals surface area contributed by atoms with Crippen LogP contribution in [0.2, 0.25) is 10.0 Å². The van der Waals surface area contributed by atoms with Gasteiger partial charge in [0.25, 0.3) is 0 Å². The fourth-order valence-electron chi connectivity index (χ4n) is 5.93. The van der Waals surface area contributed by atoms with Gasteiger partial charge >= 0.3 is 0 Å². The van der Waals surface area contributed by atoms with Gasteiger partial charge in [-0.05, 0) is 74.7 Å². The molecule has 2 aromatic carbocycles. The van der Waals surface area contributed by atoms with Crippen molar-refractivity contribution in [3.63, 3.8) is 0 Å². The van der Waals surface area contributed by atoms with E-state index in [4.69, 9.17) is 28.2 Å². The molecule has 0 bridgehead atoms. The number of anilines is 3. The summed E-state index contributed by atoms with van der Waals surface area (Å²) in [6.45, 7) is 7.26. The molecular formula is C29H33Cl2N5. The molecule has 0 aliphatic carbocycles. The molecule has 1 atom stereocenters. The van der Waals surface area contributed by atoms with Gasteiger partial charge in [-0.25, -0.2) is 4.98 Å². The summed E-state index contributed by atoms with van der Waals surface area (Å²) in [6.07, 6.45) is 7.26. The third-order valence-corrected chi connectivity index (χ3v) is 8.58. The molecule has 6 rings (SSSR count). The molecule has 3 aliphatic rings. The Morgan fingerprint density at radius 3 is 2.44 bits per heavy atom. The van der Waals surface area contributed by atoms with Crippen LogP contribution < -0.4 is 15.1 Å². The minimum Gasteiger partial charge on any atom is -0.367 e. The molecular weight excluding hydrogens is 489 g/mol. The largest absolute Gasteiger partial charge is 0.367 e. The van der Waals surface area contributed by atoms with E-state index in [2.05, 4.69) is 50.3 Å². The van der Waals surface area contributed by atoms with Gasteiger partial charge in [0.15, 0.2) is 0 Å². The van der Waals surface area contributed by atoms with Crippen LogP contribution in [0, 0.1) is 0 Å². The number of halogens is 2. The van der Waals surface area contributed by atoms with Crippen molar-refractivity contribution in [2.45, 2.75) is 38.3 Å². The monoisotopic (exact) mass is 521 g/mol. The van der Waals surface area contributed by atoms with Crippen molar-refractivity contribution in [2.75, 3.05) is 54.4 Å². The van der Waals surface area contributed by atoms with Crippen molar-refractivity contribution in [3.8, 4) is 11.1 Å². The summed E-state index contributed by atoms with van der Waals surface area (Å²) >= 11 is 13.0. The fourth-order valence-corrected chi connectivity index (χ4v) is 6.45. The number of nitrogens with one attached hydrogen (secondary N) is 1. The third kappa shape index (κ3) is 4.89. The van der Waals surface area contributed by atoms with Gasteiger partial charge in [0.05, 0.1) is 5.69 Å². The first-order valence-corrected chi connectivity index (χ1v) is 13.9. The Morgan fingerprint density at radius 1 is 0.889 bits per heavy atom. The van der Waals surface area contributed by atoms with Crippen LogP contribution in [-0.4, -0.2) is 55.2 Å². The van der Waals surface area contributed by atoms with Crippen molar-refractivity contribution in [1.29, 1.82) is 0 Å². The van der Waals surface area contributed by atoms with E-state index in [1.807, 2.05) is 24.4 Å². The molecule has 36 heavy (non-hydrogen) atoms. The number of hydrogen-bond donors (Lipinski definition) is 1. The maximum atomic E-state index is 6.48. The lowest BCUT2D eigenvalue weighted by molar-refractivity contribution is 0.314. The van der Waals surface area contributed by atoms with Gasteiger partial charge in [0.2, 0.25) is 0 Å². The second kappa shape index (κ2) is 10.5. The molecule has 3 aliphatic heterocycles. The van der Waals surface area contributed by atoms with Gasteiger partial charge in [-0.3, -0.25) is 0 Å². The Bertz CT molecular complexity index is 1190. The SMILES string of the molecule is Clc1cccc(Cl)c1CN1CCNc2ncc(-c3ccc(N4CCCC4CN4CCCC4)cc3)cc21. The number of nitrogens with zero attached hydrogens (tertiary/aromatic N) is 4. The number of fused-ring (bicyclic) bond motifs is 1. The third-order valence-electron chi connectivity index (χ3n) is 7.87. The minimum atomic E-state index is 0.635. The maximum Gasteiger partial charge on any atom is 0.149 e. The zero-order chi connectivity index (χ0) is 24.5. The molecule has 1 unspecified atom stereocenters. The van der Waals surface area contributed by atoms with Crippen LogP contribution in [0.15, 0.2) is 54.7 Å². The van der Waals surface area contributed by atoms with E-state index in [1.54, 1.807) is 0 Å². The molecule has 3 aromatic rings. The van der Waals surface area contributed by atoms with Gasteiger partial charge < -0.3 is 20.0 Å². The van der Waals surface area contributed by atoms with Crippen LogP contribution in [0.25, 0.3) is 11.1 Å². The van der Waals surface area contributed by atoms with E-state index < -0.39 is 0 Å². The van der Waals surface area contributed by atoms with E-state index in [-0.39, 0.29) is 0 Å². The molecule has 0 spiro atoms. The standard InChI is InChI=1S/C29H33Cl2N5/c30-26-6-3-7-27(31)25(26)20-35-16-12-32-29-28(35)17-22(18-33-29)21-8-10-23(11-9-21)36-15-4-5-24(36)19-34-13-1-2-14-34/h3,6-11,17-18,24H,1-2,4-5,12-16,19-20H2,(H,32,33). The molecule has 1 N–H and O–H groups in total. The minimum absolute atomic E-state index is 0.635. The molecule has 5 nitrogen and oxygen atoms in total. The first-order valence-electron chi connectivity index (χ1n) is 13.2. The van der Waals surface area contributed by atoms with Crippen molar-refractivity contribution in [1.82, 2.24) is 9.88 Å². The summed E-state index contributed by atoms with van der Waals surface area (Å²) in [5, 5.41) is 4.84. The average molecular weight is 523 g/mol. The fraction of sp³-hybridized carbons (Fsp3) is 0.414. The molecule has 7 heteroatoms. The van der Waals surface area contributed by atoms with Crippen molar-refractivity contribution >= 4 is 40.4 Å². The molecule has 0 amide bonds. The van der Waals surface area contributed by atoms with Gasteiger partial charge in [0, 0.05) is 71.8 Å². The van der Waals surface area contributed by atoms with Crippen LogP contribution in [0.1, 0.15) is 31.2 Å². The highest BCUT2D eigenvalue weighted by Gasteiger charge is 2.28. The predicted octanol–water partition coefficient (Wildman–Crippen LogP) is 6.55. The maximum absolute atomic E-state index is 6.48. The molecule has 0 radical (unpaired) electrons. The Labute approximate surface area is 224 Å². The summed E-state index contributed by atoms with van der Waals surface area (Å²) in [5.74, 6) is 0.909. The number of benzene rings is 2. The number of pyridine rings is 1. The topological polar surface area (TPSA) is 34.6 Å². The van der Waals surface area contributed by atoms with Crippen LogP contribution in [0.3, 0.4) is 0 Å². The Hall–Kier alpha value is -2.47. The average Bonchev–Trinajstić information content (AvgIpc) is 3.59. The summed E-state index contributed by atoms with van der Waals surface area (Å²) in [7, 11) is 0. The Kier molecular flexibility index (Phi) is 6.96. The summed E-state index contributed by atoms with van der Waals surface area (Å²) in [6, 6.07) is 17.6. The Morgan fingerprint density at radius 2 is 1.67 bits per heavy atom. The van der Waals surface area contributed by atoms with E-state index in [9.17, 15) is 0 Å². The van der Waals surface area contributed by atoms with Gasteiger partial charge in [-0.15, -0.1) is 0 Å². The van der Waals surface area contributed by atoms with Crippen LogP contribution >= 0.6 is 23.2 Å². The molecule has 188 valence electrons. The quantitative estimate of drug-likeness (QED) is 0.397. The highest BCUT2D eigenvalue weighted by Crippen LogP contribution is 2.36. The lowest BCUT2D eigenvalue weighted by Crippen LogP contribution is -2.39. The summed E-state index contributed by atoms with van der Waals surface area (Å²) in [4.78, 5) is 12.3. The predicted molar refractivity (Wildman–Crippen MR) is 152 cm³/mol. The van der Waals surface area contributed by atoms with Crippen LogP contribution in [0.4, 0.5) is 17.2 Å². The lowest BCUT2D eigenvalue weighted by atomic mass is 10.0. The van der Waals surface area contributed by atoms with Crippen LogP contribution in [0.5, 0.6) is 0 Å². The summed E-state index contributed by atoms with van der Waals surface area (Å²) in [5.41, 5.74) is 5.68. The zero-order valence-corrected chi connectivity index (χ0v) is 22.1. The smallest absolute Gasteiger partial charge is 0.149 e. The zero-order valence-electron chi connectivity index (χ0n) is 20.6. The first-order chi connectivity index (χ1) is 17.7. The molecule has 2 fully saturated rings. The summed E-state index contributed by atoms with van der Waals surface area (Å²) < 4.78 is 0. The molecule has 0 saturated carbocycles. The van der Waals surface area contributed by atoms with E-state index in [1.165, 1.54) is 56.6 Å². The molecule has 1 aromatic heterocycles. The second-order valence-corrected chi connectivity index (χ2v) is 11.0. The van der Waals surface area contributed by atoms with E-state index in [0.29, 0.717) is 22.6 Å². The van der Waals surface area contributed by atoms with E-state index in [0.717, 1.165) is 42.3 Å². The molecule has 4 heterocycles. The highest BCUT2D eigenvalue weighted by molar-refractivity contribution is 6.36. The number of hydrogen-bond acceptors (Lipinski definition) is 5. The van der Waals surface area contributed by atoms with Crippen molar-refractivity contribution in [2.24, 2.45) is 0 Å². The van der Waals surface area contributed by atoms with Gasteiger partial charge in [-0.1, -0.05) is 41.4 Å². The van der Waals surface area contributed by atoms with Crippen molar-refractivity contribution < 1.29 is 0 Å². The normalized spacial score (nSPS) is 20.0. The second-order valence-electron chi connectivity index (χ2n) is 10.2.